The molecule has 0 unspecified atom stereocenters. The van der Waals surface area contributed by atoms with E-state index < -0.39 is 6.04 Å². The first-order valence-corrected chi connectivity index (χ1v) is 12.1. The van der Waals surface area contributed by atoms with Gasteiger partial charge in [-0.05, 0) is 50.8 Å². The summed E-state index contributed by atoms with van der Waals surface area (Å²) in [6.07, 6.45) is 1.48. The molecule has 0 saturated heterocycles. The van der Waals surface area contributed by atoms with Crippen LogP contribution >= 0.6 is 0 Å². The van der Waals surface area contributed by atoms with Crippen molar-refractivity contribution in [2.45, 2.75) is 65.6 Å². The molecule has 3 aromatic rings. The lowest BCUT2D eigenvalue weighted by molar-refractivity contribution is -0.141. The number of nitrogens with one attached hydrogen (secondary N) is 1. The molecule has 0 fully saturated rings. The molecule has 4 nitrogen and oxygen atoms in total. The molecular weight excluding hydrogens is 420 g/mol. The second-order valence-electron chi connectivity index (χ2n) is 9.36. The highest BCUT2D eigenvalue weighted by molar-refractivity contribution is 5.88. The molecular formula is C30H36N2O2. The maximum Gasteiger partial charge on any atom is 0.243 e. The van der Waals surface area contributed by atoms with Gasteiger partial charge >= 0.3 is 0 Å². The van der Waals surface area contributed by atoms with Gasteiger partial charge in [-0.1, -0.05) is 90.0 Å². The second kappa shape index (κ2) is 12.2. The van der Waals surface area contributed by atoms with Gasteiger partial charge in [-0.2, -0.15) is 0 Å². The molecule has 0 aliphatic carbocycles. The van der Waals surface area contributed by atoms with E-state index in [2.05, 4.69) is 36.5 Å². The first-order valence-electron chi connectivity index (χ1n) is 12.1. The lowest BCUT2D eigenvalue weighted by Crippen LogP contribution is -2.51. The highest BCUT2D eigenvalue weighted by atomic mass is 16.2. The molecule has 0 aliphatic rings. The Morgan fingerprint density at radius 1 is 0.765 bits per heavy atom. The van der Waals surface area contributed by atoms with Gasteiger partial charge in [0.25, 0.3) is 0 Å². The summed E-state index contributed by atoms with van der Waals surface area (Å²) in [6, 6.07) is 25.8. The van der Waals surface area contributed by atoms with Gasteiger partial charge in [0.1, 0.15) is 6.04 Å². The number of benzene rings is 3. The van der Waals surface area contributed by atoms with Crippen molar-refractivity contribution in [1.82, 2.24) is 10.2 Å². The minimum absolute atomic E-state index is 0.00495. The Hall–Kier alpha value is -3.40. The summed E-state index contributed by atoms with van der Waals surface area (Å²) in [5.74, 6) is -0.129. The third-order valence-electron chi connectivity index (χ3n) is 5.92. The van der Waals surface area contributed by atoms with Crippen LogP contribution in [0.25, 0.3) is 0 Å². The van der Waals surface area contributed by atoms with Crippen molar-refractivity contribution in [3.8, 4) is 0 Å². The van der Waals surface area contributed by atoms with E-state index in [0.29, 0.717) is 25.8 Å². The number of carbonyl (C=O) groups is 2. The molecule has 0 radical (unpaired) electrons. The molecule has 1 atom stereocenters. The average Bonchev–Trinajstić information content (AvgIpc) is 2.82. The largest absolute Gasteiger partial charge is 0.352 e. The molecule has 0 heterocycles. The van der Waals surface area contributed by atoms with Crippen LogP contribution in [0, 0.1) is 13.8 Å². The van der Waals surface area contributed by atoms with Gasteiger partial charge in [-0.25, -0.2) is 0 Å². The number of hydrogen-bond acceptors (Lipinski definition) is 2. The maximum atomic E-state index is 13.6. The van der Waals surface area contributed by atoms with Crippen molar-refractivity contribution in [1.29, 1.82) is 0 Å². The van der Waals surface area contributed by atoms with Gasteiger partial charge < -0.3 is 10.2 Å². The van der Waals surface area contributed by atoms with Crippen LogP contribution in [0.4, 0.5) is 0 Å². The van der Waals surface area contributed by atoms with Gasteiger partial charge in [0.15, 0.2) is 0 Å². The smallest absolute Gasteiger partial charge is 0.243 e. The Morgan fingerprint density at radius 3 is 1.88 bits per heavy atom. The van der Waals surface area contributed by atoms with Crippen molar-refractivity contribution < 1.29 is 9.59 Å². The van der Waals surface area contributed by atoms with Crippen molar-refractivity contribution in [2.24, 2.45) is 0 Å². The molecule has 4 heteroatoms. The third-order valence-corrected chi connectivity index (χ3v) is 5.92. The first kappa shape index (κ1) is 25.2. The summed E-state index contributed by atoms with van der Waals surface area (Å²) < 4.78 is 0. The normalized spacial score (nSPS) is 11.8. The molecule has 3 aromatic carbocycles. The molecule has 0 bridgehead atoms. The van der Waals surface area contributed by atoms with E-state index in [-0.39, 0.29) is 17.9 Å². The predicted octanol–water partition coefficient (Wildman–Crippen LogP) is 5.40. The fourth-order valence-electron chi connectivity index (χ4n) is 3.97. The summed E-state index contributed by atoms with van der Waals surface area (Å²) in [4.78, 5) is 28.7. The van der Waals surface area contributed by atoms with E-state index in [1.54, 1.807) is 4.90 Å². The number of amides is 2. The number of hydrogen-bond donors (Lipinski definition) is 1. The van der Waals surface area contributed by atoms with Gasteiger partial charge in [0, 0.05) is 25.4 Å². The minimum Gasteiger partial charge on any atom is -0.352 e. The van der Waals surface area contributed by atoms with Gasteiger partial charge in [-0.3, -0.25) is 9.59 Å². The van der Waals surface area contributed by atoms with Crippen LogP contribution in [0.5, 0.6) is 0 Å². The third kappa shape index (κ3) is 7.58. The first-order chi connectivity index (χ1) is 16.3. The number of rotatable bonds is 10. The lowest BCUT2D eigenvalue weighted by atomic mass is 10.0. The summed E-state index contributed by atoms with van der Waals surface area (Å²) in [5.41, 5.74) is 5.54. The summed E-state index contributed by atoms with van der Waals surface area (Å²) in [6.45, 7) is 8.39. The zero-order chi connectivity index (χ0) is 24.5. The lowest BCUT2D eigenvalue weighted by Gasteiger charge is -2.32. The van der Waals surface area contributed by atoms with Crippen molar-refractivity contribution in [3.63, 3.8) is 0 Å². The Balaban J connectivity index is 1.89. The van der Waals surface area contributed by atoms with E-state index in [0.717, 1.165) is 16.7 Å². The zero-order valence-corrected chi connectivity index (χ0v) is 20.8. The van der Waals surface area contributed by atoms with Crippen LogP contribution in [0.1, 0.15) is 48.1 Å². The molecule has 34 heavy (non-hydrogen) atoms. The molecule has 178 valence electrons. The topological polar surface area (TPSA) is 49.4 Å². The van der Waals surface area contributed by atoms with Gasteiger partial charge in [0.05, 0.1) is 0 Å². The van der Waals surface area contributed by atoms with Crippen molar-refractivity contribution in [3.05, 3.63) is 107 Å². The van der Waals surface area contributed by atoms with Crippen LogP contribution in [0.2, 0.25) is 0 Å². The van der Waals surface area contributed by atoms with E-state index >= 15 is 0 Å². The van der Waals surface area contributed by atoms with Gasteiger partial charge in [0.2, 0.25) is 11.8 Å². The van der Waals surface area contributed by atoms with E-state index in [1.807, 2.05) is 75.4 Å². The molecule has 0 spiro atoms. The molecule has 3 rings (SSSR count). The molecule has 2 amide bonds. The van der Waals surface area contributed by atoms with E-state index in [1.165, 1.54) is 11.1 Å². The fraction of sp³-hybridized carbons (Fsp3) is 0.333. The number of carbonyl (C=O) groups excluding carboxylic acids is 2. The zero-order valence-electron chi connectivity index (χ0n) is 20.8. The van der Waals surface area contributed by atoms with E-state index in [4.69, 9.17) is 0 Å². The highest BCUT2D eigenvalue weighted by Crippen LogP contribution is 2.18. The predicted molar refractivity (Wildman–Crippen MR) is 138 cm³/mol. The number of nitrogens with zero attached hydrogens (tertiary/aromatic N) is 1. The SMILES string of the molecule is Cc1ccc(CCC(=O)N(Cc2ccc(C)cc2)[C@H](Cc2ccccc2)C(=O)NC(C)C)cc1. The molecule has 0 saturated carbocycles. The molecule has 0 aliphatic heterocycles. The Kier molecular flexibility index (Phi) is 9.03. The standard InChI is InChI=1S/C30H36N2O2/c1-22(2)31-30(34)28(20-26-8-6-5-7-9-26)32(21-27-16-12-24(4)13-17-27)29(33)19-18-25-14-10-23(3)11-15-25/h5-17,22,28H,18-21H2,1-4H3,(H,31,34)/t28-/m1/s1. The van der Waals surface area contributed by atoms with Crippen molar-refractivity contribution >= 4 is 11.8 Å². The van der Waals surface area contributed by atoms with Gasteiger partial charge in [-0.15, -0.1) is 0 Å². The number of aryl methyl sites for hydroxylation is 3. The second-order valence-corrected chi connectivity index (χ2v) is 9.36. The quantitative estimate of drug-likeness (QED) is 0.444. The van der Waals surface area contributed by atoms with Crippen LogP contribution in [0.15, 0.2) is 78.9 Å². The molecule has 1 N–H and O–H groups in total. The Labute approximate surface area is 204 Å². The Morgan fingerprint density at radius 2 is 1.32 bits per heavy atom. The summed E-state index contributed by atoms with van der Waals surface area (Å²) in [7, 11) is 0. The monoisotopic (exact) mass is 456 g/mol. The molecule has 0 aromatic heterocycles. The van der Waals surface area contributed by atoms with Crippen molar-refractivity contribution in [2.75, 3.05) is 0 Å². The fourth-order valence-corrected chi connectivity index (χ4v) is 3.97. The van der Waals surface area contributed by atoms with Crippen LogP contribution in [0.3, 0.4) is 0 Å². The Bertz CT molecular complexity index is 1060. The summed E-state index contributed by atoms with van der Waals surface area (Å²) in [5, 5.41) is 3.04. The average molecular weight is 457 g/mol. The highest BCUT2D eigenvalue weighted by Gasteiger charge is 2.30. The minimum atomic E-state index is -0.586. The van der Waals surface area contributed by atoms with E-state index in [9.17, 15) is 9.59 Å². The van der Waals surface area contributed by atoms with Crippen LogP contribution in [-0.4, -0.2) is 28.8 Å². The summed E-state index contributed by atoms with van der Waals surface area (Å²) >= 11 is 0. The maximum absolute atomic E-state index is 13.6. The van der Waals surface area contributed by atoms with Crippen LogP contribution < -0.4 is 5.32 Å². The van der Waals surface area contributed by atoms with Crippen LogP contribution in [-0.2, 0) is 29.0 Å².